The molecule has 0 spiro atoms. The zero-order chi connectivity index (χ0) is 28.9. The Morgan fingerprint density at radius 2 is 1.68 bits per heavy atom. The highest BCUT2D eigenvalue weighted by Crippen LogP contribution is 2.43. The summed E-state index contributed by atoms with van der Waals surface area (Å²) < 4.78 is 5.71. The Morgan fingerprint density at radius 3 is 2.34 bits per heavy atom. The molecule has 8 nitrogen and oxygen atoms in total. The fourth-order valence-electron chi connectivity index (χ4n) is 6.28. The van der Waals surface area contributed by atoms with Gasteiger partial charge in [0.15, 0.2) is 11.5 Å². The molecule has 220 valence electrons. The van der Waals surface area contributed by atoms with Crippen molar-refractivity contribution in [3.05, 3.63) is 53.2 Å². The molecule has 1 aliphatic heterocycles. The summed E-state index contributed by atoms with van der Waals surface area (Å²) in [7, 11) is 0. The van der Waals surface area contributed by atoms with E-state index in [0.29, 0.717) is 29.0 Å². The Morgan fingerprint density at radius 1 is 1.00 bits per heavy atom. The highest BCUT2D eigenvalue weighted by molar-refractivity contribution is 6.02. The molecule has 1 amide bonds. The van der Waals surface area contributed by atoms with Gasteiger partial charge in [-0.3, -0.25) is 9.69 Å². The van der Waals surface area contributed by atoms with E-state index >= 15 is 0 Å². The van der Waals surface area contributed by atoms with E-state index in [-0.39, 0.29) is 29.0 Å². The Balaban J connectivity index is 1.34. The number of hydrogen-bond donors (Lipinski definition) is 3. The van der Waals surface area contributed by atoms with Gasteiger partial charge in [0.05, 0.1) is 11.1 Å². The van der Waals surface area contributed by atoms with Crippen LogP contribution in [0, 0.1) is 5.92 Å². The number of rotatable bonds is 9. The summed E-state index contributed by atoms with van der Waals surface area (Å²) in [5.41, 5.74) is 3.74. The normalized spacial score (nSPS) is 17.3. The van der Waals surface area contributed by atoms with E-state index in [1.165, 1.54) is 50.3 Å². The monoisotopic (exact) mass is 560 g/mol. The average molecular weight is 561 g/mol. The van der Waals surface area contributed by atoms with E-state index in [1.54, 1.807) is 6.07 Å². The lowest BCUT2D eigenvalue weighted by Gasteiger charge is -2.37. The summed E-state index contributed by atoms with van der Waals surface area (Å²) >= 11 is 0. The van der Waals surface area contributed by atoms with Crippen molar-refractivity contribution in [2.45, 2.75) is 65.3 Å². The standard InChI is InChI=1S/C33H44N4O4/c1-4-34-33(40)31-30(32(41-35-31)27-18-26(22(2)3)28(38)19-29(27)39)25-12-10-24(11-13-25)21-37-16-14-36(15-17-37)20-23-8-6-5-7-9-23/h10-13,18-19,22-23,38-39H,4-9,14-17,20-21H2,1-3H3,(H,34,40). The molecule has 8 heteroatoms. The predicted octanol–water partition coefficient (Wildman–Crippen LogP) is 5.99. The van der Waals surface area contributed by atoms with Crippen molar-refractivity contribution in [3.8, 4) is 33.9 Å². The summed E-state index contributed by atoms with van der Waals surface area (Å²) in [6.07, 6.45) is 7.00. The quantitative estimate of drug-likeness (QED) is 0.295. The third-order valence-electron chi connectivity index (χ3n) is 8.61. The lowest BCUT2D eigenvalue weighted by molar-refractivity contribution is 0.0947. The third-order valence-corrected chi connectivity index (χ3v) is 8.61. The molecule has 1 aliphatic carbocycles. The molecule has 0 radical (unpaired) electrons. The number of hydrogen-bond acceptors (Lipinski definition) is 7. The molecule has 5 rings (SSSR count). The van der Waals surface area contributed by atoms with Crippen LogP contribution in [-0.2, 0) is 6.54 Å². The average Bonchev–Trinajstić information content (AvgIpc) is 3.40. The minimum absolute atomic E-state index is 0.0189. The van der Waals surface area contributed by atoms with Crippen molar-refractivity contribution in [1.82, 2.24) is 20.3 Å². The highest BCUT2D eigenvalue weighted by Gasteiger charge is 2.27. The predicted molar refractivity (Wildman–Crippen MR) is 161 cm³/mol. The summed E-state index contributed by atoms with van der Waals surface area (Å²) in [6.45, 7) is 12.8. The first-order valence-corrected chi connectivity index (χ1v) is 15.2. The minimum atomic E-state index is -0.338. The van der Waals surface area contributed by atoms with Crippen LogP contribution in [0.5, 0.6) is 11.5 Å². The van der Waals surface area contributed by atoms with Crippen LogP contribution in [0.3, 0.4) is 0 Å². The molecule has 2 aliphatic rings. The van der Waals surface area contributed by atoms with Gasteiger partial charge < -0.3 is 25.0 Å². The number of aromatic hydroxyl groups is 2. The highest BCUT2D eigenvalue weighted by atomic mass is 16.5. The Hall–Kier alpha value is -3.36. The Labute approximate surface area is 243 Å². The van der Waals surface area contributed by atoms with Crippen LogP contribution in [0.4, 0.5) is 0 Å². The van der Waals surface area contributed by atoms with Crippen LogP contribution in [0.25, 0.3) is 22.5 Å². The van der Waals surface area contributed by atoms with Crippen molar-refractivity contribution in [2.24, 2.45) is 5.92 Å². The van der Waals surface area contributed by atoms with Gasteiger partial charge in [-0.2, -0.15) is 0 Å². The van der Waals surface area contributed by atoms with Crippen LogP contribution in [0.2, 0.25) is 0 Å². The van der Waals surface area contributed by atoms with Crippen molar-refractivity contribution < 1.29 is 19.5 Å². The number of nitrogens with one attached hydrogen (secondary N) is 1. The smallest absolute Gasteiger partial charge is 0.274 e. The van der Waals surface area contributed by atoms with Crippen LogP contribution in [0.15, 0.2) is 40.9 Å². The summed E-state index contributed by atoms with van der Waals surface area (Å²) in [5, 5.41) is 28.0. The molecule has 41 heavy (non-hydrogen) atoms. The van der Waals surface area contributed by atoms with Crippen LogP contribution in [-0.4, -0.2) is 70.3 Å². The SMILES string of the molecule is CCNC(=O)c1noc(-c2cc(C(C)C)c(O)cc2O)c1-c1ccc(CN2CCN(CC3CCCCC3)CC2)cc1. The zero-order valence-corrected chi connectivity index (χ0v) is 24.7. The third kappa shape index (κ3) is 6.76. The fraction of sp³-hybridized carbons (Fsp3) is 0.515. The number of carbonyl (C=O) groups excluding carboxylic acids is 1. The van der Waals surface area contributed by atoms with Crippen LogP contribution >= 0.6 is 0 Å². The summed E-state index contributed by atoms with van der Waals surface area (Å²) in [4.78, 5) is 18.1. The second-order valence-corrected chi connectivity index (χ2v) is 12.0. The van der Waals surface area contributed by atoms with Crippen molar-refractivity contribution in [2.75, 3.05) is 39.3 Å². The lowest BCUT2D eigenvalue weighted by atomic mass is 9.89. The molecular formula is C33H44N4O4. The van der Waals surface area contributed by atoms with Gasteiger partial charge in [-0.15, -0.1) is 0 Å². The van der Waals surface area contributed by atoms with Gasteiger partial charge in [-0.25, -0.2) is 0 Å². The largest absolute Gasteiger partial charge is 0.508 e. The van der Waals surface area contributed by atoms with Gasteiger partial charge in [-0.05, 0) is 54.4 Å². The van der Waals surface area contributed by atoms with Gasteiger partial charge in [0.2, 0.25) is 0 Å². The first kappa shape index (κ1) is 29.1. The number of amides is 1. The molecule has 0 atom stereocenters. The number of carbonyl (C=O) groups is 1. The Bertz CT molecular complexity index is 1320. The second-order valence-electron chi connectivity index (χ2n) is 12.0. The minimum Gasteiger partial charge on any atom is -0.508 e. The number of nitrogens with zero attached hydrogens (tertiary/aromatic N) is 3. The van der Waals surface area contributed by atoms with E-state index in [4.69, 9.17) is 4.52 Å². The number of phenolic OH excluding ortho intramolecular Hbond substituents is 2. The molecule has 2 heterocycles. The molecular weight excluding hydrogens is 516 g/mol. The molecule has 2 fully saturated rings. The topological polar surface area (TPSA) is 102 Å². The Kier molecular flexibility index (Phi) is 9.30. The molecule has 1 aromatic heterocycles. The van der Waals surface area contributed by atoms with Crippen LogP contribution in [0.1, 0.15) is 80.4 Å². The van der Waals surface area contributed by atoms with Crippen molar-refractivity contribution in [3.63, 3.8) is 0 Å². The molecule has 0 bridgehead atoms. The molecule has 1 saturated carbocycles. The van der Waals surface area contributed by atoms with E-state index in [2.05, 4.69) is 32.4 Å². The zero-order valence-electron chi connectivity index (χ0n) is 24.7. The molecule has 1 saturated heterocycles. The van der Waals surface area contributed by atoms with E-state index in [1.807, 2.05) is 32.9 Å². The van der Waals surface area contributed by atoms with Gasteiger partial charge in [0.1, 0.15) is 11.5 Å². The number of aromatic nitrogens is 1. The van der Waals surface area contributed by atoms with Crippen molar-refractivity contribution in [1.29, 1.82) is 0 Å². The molecule has 0 unspecified atom stereocenters. The summed E-state index contributed by atoms with van der Waals surface area (Å²) in [5.74, 6) is 0.755. The maximum atomic E-state index is 12.9. The molecule has 3 aromatic rings. The van der Waals surface area contributed by atoms with E-state index in [9.17, 15) is 15.0 Å². The first-order valence-electron chi connectivity index (χ1n) is 15.2. The number of benzene rings is 2. The molecule has 3 N–H and O–H groups in total. The van der Waals surface area contributed by atoms with Crippen molar-refractivity contribution >= 4 is 5.91 Å². The fourth-order valence-corrected chi connectivity index (χ4v) is 6.28. The maximum absolute atomic E-state index is 12.9. The van der Waals surface area contributed by atoms with Gasteiger partial charge in [0, 0.05) is 51.9 Å². The number of phenols is 2. The van der Waals surface area contributed by atoms with Crippen LogP contribution < -0.4 is 5.32 Å². The summed E-state index contributed by atoms with van der Waals surface area (Å²) in [6, 6.07) is 11.2. The lowest BCUT2D eigenvalue weighted by Crippen LogP contribution is -2.47. The molecule has 2 aromatic carbocycles. The maximum Gasteiger partial charge on any atom is 0.274 e. The van der Waals surface area contributed by atoms with E-state index < -0.39 is 0 Å². The second kappa shape index (κ2) is 13.1. The van der Waals surface area contributed by atoms with Gasteiger partial charge in [0.25, 0.3) is 5.91 Å². The van der Waals surface area contributed by atoms with E-state index in [0.717, 1.165) is 44.2 Å². The van der Waals surface area contributed by atoms with Gasteiger partial charge >= 0.3 is 0 Å². The van der Waals surface area contributed by atoms with Gasteiger partial charge in [-0.1, -0.05) is 62.5 Å². The first-order chi connectivity index (χ1) is 19.8. The number of piperazine rings is 1.